The minimum Gasteiger partial charge on any atom is -0.489 e. The average Bonchev–Trinajstić information content (AvgIpc) is 2.44. The molecular formula is C17H25ClFNO2. The van der Waals surface area contributed by atoms with Gasteiger partial charge >= 0.3 is 0 Å². The largest absolute Gasteiger partial charge is 0.489 e. The molecule has 1 aliphatic heterocycles. The van der Waals surface area contributed by atoms with Crippen LogP contribution in [0.25, 0.3) is 0 Å². The number of Topliss-reactive ketones (excluding diaryl/α,β-unsaturated/α-hetero) is 1. The second-order valence-electron chi connectivity index (χ2n) is 5.96. The summed E-state index contributed by atoms with van der Waals surface area (Å²) in [5, 5.41) is 0. The Bertz CT molecular complexity index is 534. The first-order chi connectivity index (χ1) is 9.95. The maximum absolute atomic E-state index is 13.9. The van der Waals surface area contributed by atoms with Gasteiger partial charge < -0.3 is 4.74 Å². The Hall–Kier alpha value is -1.13. The van der Waals surface area contributed by atoms with Crippen molar-refractivity contribution in [2.75, 3.05) is 13.2 Å². The molecule has 0 fully saturated rings. The van der Waals surface area contributed by atoms with Crippen molar-refractivity contribution in [3.05, 3.63) is 29.1 Å². The number of benzene rings is 1. The Balaban J connectivity index is 0.00000242. The van der Waals surface area contributed by atoms with E-state index in [1.807, 2.05) is 0 Å². The molecule has 1 aromatic carbocycles. The Kier molecular flexibility index (Phi) is 6.82. The molecule has 0 amide bonds. The van der Waals surface area contributed by atoms with Crippen LogP contribution in [0.4, 0.5) is 4.39 Å². The van der Waals surface area contributed by atoms with Crippen LogP contribution in [0.2, 0.25) is 0 Å². The molecule has 2 rings (SSSR count). The monoisotopic (exact) mass is 329 g/mol. The van der Waals surface area contributed by atoms with Gasteiger partial charge in [0.2, 0.25) is 0 Å². The highest BCUT2D eigenvalue weighted by Gasteiger charge is 2.30. The molecule has 1 atom stereocenters. The van der Waals surface area contributed by atoms with Crippen molar-refractivity contribution in [1.82, 2.24) is 4.90 Å². The summed E-state index contributed by atoms with van der Waals surface area (Å²) in [4.78, 5) is 14.1. The van der Waals surface area contributed by atoms with Crippen LogP contribution in [-0.4, -0.2) is 35.9 Å². The van der Waals surface area contributed by atoms with E-state index < -0.39 is 0 Å². The number of halogens is 2. The van der Waals surface area contributed by atoms with Crippen molar-refractivity contribution in [2.24, 2.45) is 0 Å². The number of nitrogens with zero attached hydrogens (tertiary/aromatic N) is 1. The molecule has 1 aromatic rings. The van der Waals surface area contributed by atoms with Gasteiger partial charge in [0.1, 0.15) is 6.61 Å². The number of rotatable bonds is 5. The average molecular weight is 330 g/mol. The van der Waals surface area contributed by atoms with Gasteiger partial charge in [0.05, 0.1) is 0 Å². The lowest BCUT2D eigenvalue weighted by Gasteiger charge is -2.38. The fourth-order valence-corrected chi connectivity index (χ4v) is 3.10. The highest BCUT2D eigenvalue weighted by atomic mass is 35.5. The molecule has 3 nitrogen and oxygen atoms in total. The fraction of sp³-hybridized carbons (Fsp3) is 0.588. The molecule has 5 heteroatoms. The van der Waals surface area contributed by atoms with E-state index in [2.05, 4.69) is 25.7 Å². The van der Waals surface area contributed by atoms with Crippen molar-refractivity contribution in [1.29, 1.82) is 0 Å². The number of hydrogen-bond acceptors (Lipinski definition) is 3. The molecule has 0 N–H and O–H groups in total. The van der Waals surface area contributed by atoms with Crippen molar-refractivity contribution in [3.8, 4) is 5.75 Å². The van der Waals surface area contributed by atoms with E-state index in [4.69, 9.17) is 4.74 Å². The minimum absolute atomic E-state index is 0. The molecule has 0 spiro atoms. The zero-order valence-electron chi connectivity index (χ0n) is 13.7. The van der Waals surface area contributed by atoms with E-state index in [9.17, 15) is 9.18 Å². The normalized spacial score (nSPS) is 17.0. The third-order valence-corrected chi connectivity index (χ3v) is 4.07. The van der Waals surface area contributed by atoms with Crippen molar-refractivity contribution < 1.29 is 13.9 Å². The highest BCUT2D eigenvalue weighted by molar-refractivity contribution is 5.96. The summed E-state index contributed by atoms with van der Waals surface area (Å²) in [5.74, 6) is -0.152. The molecule has 124 valence electrons. The Morgan fingerprint density at radius 3 is 2.68 bits per heavy atom. The summed E-state index contributed by atoms with van der Waals surface area (Å²) in [6.07, 6.45) is 1.73. The van der Waals surface area contributed by atoms with Gasteiger partial charge in [0.15, 0.2) is 17.3 Å². The van der Waals surface area contributed by atoms with Crippen LogP contribution in [-0.2, 0) is 6.42 Å². The maximum atomic E-state index is 13.9. The van der Waals surface area contributed by atoms with E-state index in [-0.39, 0.29) is 35.8 Å². The van der Waals surface area contributed by atoms with Crippen molar-refractivity contribution in [2.45, 2.75) is 52.6 Å². The summed E-state index contributed by atoms with van der Waals surface area (Å²) in [7, 11) is 0. The van der Waals surface area contributed by atoms with Crippen LogP contribution < -0.4 is 4.74 Å². The van der Waals surface area contributed by atoms with Crippen LogP contribution in [0.3, 0.4) is 0 Å². The molecule has 0 saturated heterocycles. The number of carbonyl (C=O) groups is 1. The van der Waals surface area contributed by atoms with Crippen molar-refractivity contribution in [3.63, 3.8) is 0 Å². The fourth-order valence-electron chi connectivity index (χ4n) is 3.10. The molecule has 0 radical (unpaired) electrons. The van der Waals surface area contributed by atoms with E-state index >= 15 is 0 Å². The van der Waals surface area contributed by atoms with Gasteiger partial charge in [-0.15, -0.1) is 12.4 Å². The second kappa shape index (κ2) is 7.93. The molecule has 0 aliphatic carbocycles. The number of fused-ring (bicyclic) bond motifs is 1. The Labute approximate surface area is 138 Å². The Morgan fingerprint density at radius 2 is 2.14 bits per heavy atom. The lowest BCUT2D eigenvalue weighted by Crippen LogP contribution is -2.47. The van der Waals surface area contributed by atoms with Gasteiger partial charge in [-0.2, -0.15) is 0 Å². The van der Waals surface area contributed by atoms with Crippen molar-refractivity contribution >= 4 is 18.2 Å². The smallest absolute Gasteiger partial charge is 0.165 e. The topological polar surface area (TPSA) is 29.5 Å². The van der Waals surface area contributed by atoms with Gasteiger partial charge in [-0.25, -0.2) is 4.39 Å². The molecular weight excluding hydrogens is 305 g/mol. The molecule has 1 aliphatic rings. The van der Waals surface area contributed by atoms with E-state index in [1.165, 1.54) is 13.0 Å². The molecule has 0 bridgehead atoms. The maximum Gasteiger partial charge on any atom is 0.165 e. The van der Waals surface area contributed by atoms with Crippen LogP contribution in [0.5, 0.6) is 5.75 Å². The quantitative estimate of drug-likeness (QED) is 0.768. The summed E-state index contributed by atoms with van der Waals surface area (Å²) >= 11 is 0. The lowest BCUT2D eigenvalue weighted by molar-refractivity contribution is 0.0885. The first-order valence-electron chi connectivity index (χ1n) is 7.66. The second-order valence-corrected chi connectivity index (χ2v) is 5.96. The van der Waals surface area contributed by atoms with E-state index in [1.54, 1.807) is 6.07 Å². The number of ether oxygens (including phenoxy) is 1. The van der Waals surface area contributed by atoms with Crippen LogP contribution in [0, 0.1) is 5.82 Å². The molecule has 0 saturated carbocycles. The lowest BCUT2D eigenvalue weighted by atomic mass is 9.93. The summed E-state index contributed by atoms with van der Waals surface area (Å²) in [5.41, 5.74) is 1.30. The van der Waals surface area contributed by atoms with Crippen LogP contribution in [0.15, 0.2) is 12.1 Å². The third-order valence-electron chi connectivity index (χ3n) is 4.07. The predicted molar refractivity (Wildman–Crippen MR) is 88.8 cm³/mol. The summed E-state index contributed by atoms with van der Waals surface area (Å²) in [6.45, 7) is 9.43. The summed E-state index contributed by atoms with van der Waals surface area (Å²) < 4.78 is 19.6. The number of ketones is 1. The van der Waals surface area contributed by atoms with Gasteiger partial charge in [0, 0.05) is 23.2 Å². The molecule has 1 heterocycles. The van der Waals surface area contributed by atoms with E-state index in [0.717, 1.165) is 18.5 Å². The van der Waals surface area contributed by atoms with Crippen LogP contribution in [0.1, 0.15) is 50.0 Å². The molecule has 0 unspecified atom stereocenters. The molecule has 0 aromatic heterocycles. The van der Waals surface area contributed by atoms with E-state index in [0.29, 0.717) is 24.6 Å². The van der Waals surface area contributed by atoms with Gasteiger partial charge in [-0.05, 0) is 52.3 Å². The number of hydrogen-bond donors (Lipinski definition) is 0. The van der Waals surface area contributed by atoms with Gasteiger partial charge in [-0.1, -0.05) is 6.92 Å². The predicted octanol–water partition coefficient (Wildman–Crippen LogP) is 3.87. The third kappa shape index (κ3) is 3.79. The first-order valence-corrected chi connectivity index (χ1v) is 7.66. The number of carbonyl (C=O) groups excluding carboxylic acids is 1. The molecule has 22 heavy (non-hydrogen) atoms. The zero-order chi connectivity index (χ0) is 15.6. The SMILES string of the molecule is CCCN(C(C)C)[C@H]1COc2c(F)ccc(C(C)=O)c2C1.Cl. The van der Waals surface area contributed by atoms with Crippen LogP contribution >= 0.6 is 12.4 Å². The Morgan fingerprint density at radius 1 is 1.45 bits per heavy atom. The zero-order valence-corrected chi connectivity index (χ0v) is 14.5. The first kappa shape index (κ1) is 18.9. The standard InChI is InChI=1S/C17H24FNO2.ClH/c1-5-8-19(11(2)3)13-9-15-14(12(4)20)6-7-16(18)17(15)21-10-13;/h6-7,11,13H,5,8-10H2,1-4H3;1H/t13-;/m1./s1. The van der Waals surface area contributed by atoms with Gasteiger partial charge in [0.25, 0.3) is 0 Å². The highest BCUT2D eigenvalue weighted by Crippen LogP contribution is 2.33. The van der Waals surface area contributed by atoms with Gasteiger partial charge in [-0.3, -0.25) is 9.69 Å². The summed E-state index contributed by atoms with van der Waals surface area (Å²) in [6, 6.07) is 3.48. The minimum atomic E-state index is -0.375.